The molecule has 8 heteroatoms. The van der Waals surface area contributed by atoms with Crippen molar-refractivity contribution in [3.8, 4) is 0 Å². The van der Waals surface area contributed by atoms with Crippen molar-refractivity contribution < 1.29 is 4.79 Å². The number of amides is 1. The number of halogens is 1. The molecule has 7 nitrogen and oxygen atoms in total. The van der Waals surface area contributed by atoms with Crippen molar-refractivity contribution in [1.82, 2.24) is 14.7 Å². The van der Waals surface area contributed by atoms with Gasteiger partial charge in [-0.3, -0.25) is 9.59 Å². The molecule has 118 valence electrons. The molecule has 0 bridgehead atoms. The summed E-state index contributed by atoms with van der Waals surface area (Å²) in [6.07, 6.45) is 1.73. The molecular formula is C13H22BrN5O2. The second-order valence-corrected chi connectivity index (χ2v) is 6.65. The van der Waals surface area contributed by atoms with Crippen LogP contribution in [0.25, 0.3) is 0 Å². The van der Waals surface area contributed by atoms with Crippen LogP contribution in [0.3, 0.4) is 0 Å². The Morgan fingerprint density at radius 2 is 2.14 bits per heavy atom. The molecule has 0 aliphatic carbocycles. The molecule has 1 aromatic heterocycles. The Balaban J connectivity index is 2.94. The molecule has 21 heavy (non-hydrogen) atoms. The van der Waals surface area contributed by atoms with Crippen LogP contribution in [0.15, 0.2) is 15.5 Å². The first kappa shape index (κ1) is 17.6. The molecule has 1 heterocycles. The number of aromatic nitrogens is 2. The highest BCUT2D eigenvalue weighted by molar-refractivity contribution is 9.10. The first-order chi connectivity index (χ1) is 9.62. The zero-order chi connectivity index (χ0) is 16.2. The van der Waals surface area contributed by atoms with Gasteiger partial charge in [-0.05, 0) is 43.9 Å². The molecule has 1 aromatic rings. The first-order valence-corrected chi connectivity index (χ1v) is 7.38. The van der Waals surface area contributed by atoms with Crippen LogP contribution in [0.1, 0.15) is 20.3 Å². The number of carbonyl (C=O) groups excluding carboxylic acids is 1. The molecule has 0 aliphatic rings. The van der Waals surface area contributed by atoms with Gasteiger partial charge in [-0.2, -0.15) is 5.10 Å². The van der Waals surface area contributed by atoms with Gasteiger partial charge >= 0.3 is 0 Å². The zero-order valence-corrected chi connectivity index (χ0v) is 14.4. The van der Waals surface area contributed by atoms with Crippen molar-refractivity contribution in [1.29, 1.82) is 0 Å². The third-order valence-electron chi connectivity index (χ3n) is 2.83. The lowest BCUT2D eigenvalue weighted by Gasteiger charge is -2.26. The van der Waals surface area contributed by atoms with Crippen LogP contribution in [0.5, 0.6) is 0 Å². The maximum Gasteiger partial charge on any atom is 0.283 e. The molecule has 1 amide bonds. The summed E-state index contributed by atoms with van der Waals surface area (Å²) >= 11 is 3.29. The molecule has 0 saturated heterocycles. The van der Waals surface area contributed by atoms with Crippen molar-refractivity contribution in [2.24, 2.45) is 5.73 Å². The van der Waals surface area contributed by atoms with Crippen LogP contribution in [0.4, 0.5) is 5.69 Å². The molecule has 1 rings (SSSR count). The predicted octanol–water partition coefficient (Wildman–Crippen LogP) is 0.633. The monoisotopic (exact) mass is 359 g/mol. The maximum absolute atomic E-state index is 12.2. The second kappa shape index (κ2) is 7.04. The van der Waals surface area contributed by atoms with E-state index < -0.39 is 11.4 Å². The summed E-state index contributed by atoms with van der Waals surface area (Å²) in [5, 5.41) is 7.26. The number of anilines is 1. The van der Waals surface area contributed by atoms with Crippen LogP contribution < -0.4 is 16.6 Å². The Bertz CT molecular complexity index is 568. The molecule has 0 aliphatic heterocycles. The predicted molar refractivity (Wildman–Crippen MR) is 86.3 cm³/mol. The van der Waals surface area contributed by atoms with E-state index in [1.54, 1.807) is 6.20 Å². The summed E-state index contributed by atoms with van der Waals surface area (Å²) in [5.41, 5.74) is 5.00. The molecule has 0 saturated carbocycles. The minimum Gasteiger partial charge on any atom is -0.377 e. The Kier molecular flexibility index (Phi) is 5.91. The van der Waals surface area contributed by atoms with E-state index in [4.69, 9.17) is 5.73 Å². The molecule has 0 fully saturated rings. The third-order valence-corrected chi connectivity index (χ3v) is 3.60. The number of nitrogens with two attached hydrogens (primary N) is 1. The summed E-state index contributed by atoms with van der Waals surface area (Å²) in [5.74, 6) is -0.407. The van der Waals surface area contributed by atoms with Gasteiger partial charge in [0.05, 0.1) is 18.4 Å². The van der Waals surface area contributed by atoms with Crippen molar-refractivity contribution in [2.75, 3.05) is 26.0 Å². The minimum absolute atomic E-state index is 0.156. The molecular weight excluding hydrogens is 338 g/mol. The van der Waals surface area contributed by atoms with Crippen LogP contribution >= 0.6 is 15.9 Å². The molecule has 0 spiro atoms. The first-order valence-electron chi connectivity index (χ1n) is 6.59. The minimum atomic E-state index is -0.557. The third kappa shape index (κ3) is 5.47. The zero-order valence-electron chi connectivity index (χ0n) is 12.8. The summed E-state index contributed by atoms with van der Waals surface area (Å²) in [7, 11) is 3.87. The number of primary amides is 1. The summed E-state index contributed by atoms with van der Waals surface area (Å²) in [6.45, 7) is 4.90. The average Bonchev–Trinajstić information content (AvgIpc) is 2.32. The molecule has 0 atom stereocenters. The van der Waals surface area contributed by atoms with Gasteiger partial charge in [0, 0.05) is 18.5 Å². The Morgan fingerprint density at radius 1 is 1.52 bits per heavy atom. The van der Waals surface area contributed by atoms with Gasteiger partial charge in [-0.1, -0.05) is 0 Å². The highest BCUT2D eigenvalue weighted by atomic mass is 79.9. The largest absolute Gasteiger partial charge is 0.377 e. The van der Waals surface area contributed by atoms with Gasteiger partial charge in [-0.25, -0.2) is 4.68 Å². The smallest absolute Gasteiger partial charge is 0.283 e. The maximum atomic E-state index is 12.2. The van der Waals surface area contributed by atoms with Gasteiger partial charge in [-0.15, -0.1) is 0 Å². The van der Waals surface area contributed by atoms with Gasteiger partial charge in [0.2, 0.25) is 5.91 Å². The fourth-order valence-electron chi connectivity index (χ4n) is 1.85. The lowest BCUT2D eigenvalue weighted by Crippen LogP contribution is -2.37. The van der Waals surface area contributed by atoms with Crippen molar-refractivity contribution in [2.45, 2.75) is 32.4 Å². The van der Waals surface area contributed by atoms with Crippen LogP contribution in [0, 0.1) is 0 Å². The Hall–Kier alpha value is -1.41. The number of likely N-dealkylation sites (N-methyl/N-ethyl adjacent to an activating group) is 1. The summed E-state index contributed by atoms with van der Waals surface area (Å²) in [6, 6.07) is 0. The van der Waals surface area contributed by atoms with E-state index in [0.29, 0.717) is 16.7 Å². The summed E-state index contributed by atoms with van der Waals surface area (Å²) in [4.78, 5) is 25.2. The lowest BCUT2D eigenvalue weighted by molar-refractivity contribution is -0.118. The van der Waals surface area contributed by atoms with Crippen molar-refractivity contribution in [3.63, 3.8) is 0 Å². The highest BCUT2D eigenvalue weighted by Gasteiger charge is 2.22. The van der Waals surface area contributed by atoms with E-state index in [1.165, 1.54) is 4.68 Å². The molecule has 0 aromatic carbocycles. The van der Waals surface area contributed by atoms with E-state index in [0.717, 1.165) is 6.54 Å². The number of nitrogens with zero attached hydrogens (tertiary/aromatic N) is 3. The van der Waals surface area contributed by atoms with Gasteiger partial charge in [0.25, 0.3) is 5.56 Å². The Morgan fingerprint density at radius 3 is 2.67 bits per heavy atom. The number of hydrogen-bond acceptors (Lipinski definition) is 5. The number of nitrogens with one attached hydrogen (secondary N) is 1. The fraction of sp³-hybridized carbons (Fsp3) is 0.615. The van der Waals surface area contributed by atoms with Gasteiger partial charge < -0.3 is 16.0 Å². The highest BCUT2D eigenvalue weighted by Crippen LogP contribution is 2.22. The van der Waals surface area contributed by atoms with E-state index >= 15 is 0 Å². The van der Waals surface area contributed by atoms with E-state index in [9.17, 15) is 9.59 Å². The van der Waals surface area contributed by atoms with Gasteiger partial charge in [0.15, 0.2) is 0 Å². The normalized spacial score (nSPS) is 11.7. The lowest BCUT2D eigenvalue weighted by atomic mass is 10.00. The van der Waals surface area contributed by atoms with Crippen molar-refractivity contribution >= 4 is 27.5 Å². The number of rotatable bonds is 7. The standard InChI is InChI=1S/C13H22BrN5O2/c1-13(2,7-10(15)20)17-9-8-16-19(6-5-18(3)4)12(21)11(9)14/h8,17H,5-7H2,1-4H3,(H2,15,20). The van der Waals surface area contributed by atoms with E-state index in [1.807, 2.05) is 32.8 Å². The van der Waals surface area contributed by atoms with Crippen LogP contribution in [0.2, 0.25) is 0 Å². The average molecular weight is 360 g/mol. The van der Waals surface area contributed by atoms with Crippen molar-refractivity contribution in [3.05, 3.63) is 21.0 Å². The molecule has 0 unspecified atom stereocenters. The van der Waals surface area contributed by atoms with Gasteiger partial charge in [0.1, 0.15) is 4.47 Å². The quantitative estimate of drug-likeness (QED) is 0.744. The fourth-order valence-corrected chi connectivity index (χ4v) is 2.26. The van der Waals surface area contributed by atoms with Crippen LogP contribution in [-0.4, -0.2) is 46.8 Å². The summed E-state index contributed by atoms with van der Waals surface area (Å²) < 4.78 is 1.80. The topological polar surface area (TPSA) is 93.2 Å². The van der Waals surface area contributed by atoms with E-state index in [-0.39, 0.29) is 12.0 Å². The van der Waals surface area contributed by atoms with E-state index in [2.05, 4.69) is 26.3 Å². The second-order valence-electron chi connectivity index (χ2n) is 5.86. The Labute approximate surface area is 132 Å². The molecule has 0 radical (unpaired) electrons. The number of carbonyl (C=O) groups is 1. The molecule has 3 N–H and O–H groups in total. The van der Waals surface area contributed by atoms with Crippen LogP contribution in [-0.2, 0) is 11.3 Å². The number of hydrogen-bond donors (Lipinski definition) is 2. The SMILES string of the molecule is CN(C)CCn1ncc(NC(C)(C)CC(N)=O)c(Br)c1=O.